The van der Waals surface area contributed by atoms with E-state index in [2.05, 4.69) is 58.8 Å². The van der Waals surface area contributed by atoms with Crippen molar-refractivity contribution < 1.29 is 13.2 Å². The summed E-state index contributed by atoms with van der Waals surface area (Å²) in [6.45, 7) is 6.75. The maximum Gasteiger partial charge on any atom is 0.413 e. The van der Waals surface area contributed by atoms with Crippen molar-refractivity contribution in [2.45, 2.75) is 51.4 Å². The minimum Gasteiger partial charge on any atom is -0.383 e. The molecular formula is C29H27F3N8. The summed E-state index contributed by atoms with van der Waals surface area (Å²) in [5, 5.41) is 35.0. The highest BCUT2D eigenvalue weighted by atomic mass is 19.4. The molecule has 0 aliphatic heterocycles. The van der Waals surface area contributed by atoms with E-state index in [0.29, 0.717) is 40.1 Å². The lowest BCUT2D eigenvalue weighted by molar-refractivity contribution is -0.182. The maximum atomic E-state index is 13.8. The van der Waals surface area contributed by atoms with Gasteiger partial charge in [0, 0.05) is 23.8 Å². The largest absolute Gasteiger partial charge is 0.413 e. The normalized spacial score (nSPS) is 15.2. The first-order valence-electron chi connectivity index (χ1n) is 12.8. The Morgan fingerprint density at radius 2 is 1.75 bits per heavy atom. The summed E-state index contributed by atoms with van der Waals surface area (Å²) in [5.41, 5.74) is 1.07. The third kappa shape index (κ3) is 5.03. The number of alkyl halides is 3. The molecule has 1 aliphatic carbocycles. The lowest BCUT2D eigenvalue weighted by atomic mass is 9.96. The predicted molar refractivity (Wildman–Crippen MR) is 144 cm³/mol. The van der Waals surface area contributed by atoms with Crippen molar-refractivity contribution in [3.8, 4) is 12.1 Å². The van der Waals surface area contributed by atoms with Crippen LogP contribution in [0.25, 0.3) is 10.9 Å². The Morgan fingerprint density at radius 1 is 1.05 bits per heavy atom. The Bertz CT molecular complexity index is 1630. The number of nitriles is 2. The maximum absolute atomic E-state index is 13.8. The molecule has 0 unspecified atom stereocenters. The zero-order valence-corrected chi connectivity index (χ0v) is 22.2. The fourth-order valence-electron chi connectivity index (χ4n) is 4.62. The molecule has 40 heavy (non-hydrogen) atoms. The molecule has 2 heterocycles. The highest BCUT2D eigenvalue weighted by Crippen LogP contribution is 2.55. The van der Waals surface area contributed by atoms with E-state index in [1.807, 2.05) is 30.3 Å². The smallest absolute Gasteiger partial charge is 0.383 e. The molecule has 2 N–H and O–H groups in total. The third-order valence-corrected chi connectivity index (χ3v) is 6.95. The third-order valence-electron chi connectivity index (χ3n) is 6.95. The van der Waals surface area contributed by atoms with E-state index in [1.165, 1.54) is 12.4 Å². The minimum absolute atomic E-state index is 0.0441. The molecule has 2 aromatic carbocycles. The number of nitrogens with one attached hydrogen (secondary N) is 2. The van der Waals surface area contributed by atoms with Crippen LogP contribution < -0.4 is 10.6 Å². The SMILES string of the molecule is CC(C)(C)CNc1c(C#N)cnc2c(C#N)cc(N[C@@H](c3ccccc3)c3cn(C4(C(F)(F)F)CC4)nn3)cc12. The van der Waals surface area contributed by atoms with E-state index < -0.39 is 17.8 Å². The number of halogens is 3. The van der Waals surface area contributed by atoms with Gasteiger partial charge in [0.25, 0.3) is 0 Å². The number of fused-ring (bicyclic) bond motifs is 1. The molecule has 5 rings (SSSR count). The summed E-state index contributed by atoms with van der Waals surface area (Å²) in [6, 6.07) is 16.3. The first-order chi connectivity index (χ1) is 19.0. The van der Waals surface area contributed by atoms with E-state index in [9.17, 15) is 23.7 Å². The molecule has 0 spiro atoms. The fraction of sp³-hybridized carbons (Fsp3) is 0.345. The highest BCUT2D eigenvalue weighted by Gasteiger charge is 2.66. The second kappa shape index (κ2) is 9.83. The van der Waals surface area contributed by atoms with Gasteiger partial charge in [-0.15, -0.1) is 5.10 Å². The molecule has 1 atom stereocenters. The van der Waals surface area contributed by atoms with Gasteiger partial charge in [0.1, 0.15) is 17.8 Å². The molecule has 2 aromatic heterocycles. The van der Waals surface area contributed by atoms with Gasteiger partial charge in [-0.25, -0.2) is 4.68 Å². The minimum atomic E-state index is -4.43. The second-order valence-electron chi connectivity index (χ2n) is 11.2. The van der Waals surface area contributed by atoms with Gasteiger partial charge in [0.05, 0.1) is 34.6 Å². The van der Waals surface area contributed by atoms with Crippen LogP contribution >= 0.6 is 0 Å². The monoisotopic (exact) mass is 544 g/mol. The van der Waals surface area contributed by atoms with Crippen LogP contribution in [0, 0.1) is 28.1 Å². The molecule has 0 saturated heterocycles. The predicted octanol–water partition coefficient (Wildman–Crippen LogP) is 6.28. The molecule has 204 valence electrons. The van der Waals surface area contributed by atoms with Gasteiger partial charge in [-0.1, -0.05) is 56.3 Å². The number of benzene rings is 2. The Morgan fingerprint density at radius 3 is 2.35 bits per heavy atom. The molecule has 1 saturated carbocycles. The Labute approximate surface area is 229 Å². The van der Waals surface area contributed by atoms with Crippen LogP contribution in [0.2, 0.25) is 0 Å². The van der Waals surface area contributed by atoms with Gasteiger partial charge < -0.3 is 10.6 Å². The number of hydrogen-bond donors (Lipinski definition) is 2. The molecule has 0 amide bonds. The van der Waals surface area contributed by atoms with Gasteiger partial charge in [-0.3, -0.25) is 4.98 Å². The second-order valence-corrected chi connectivity index (χ2v) is 11.2. The van der Waals surface area contributed by atoms with Crippen molar-refractivity contribution in [2.24, 2.45) is 5.41 Å². The van der Waals surface area contributed by atoms with Crippen molar-refractivity contribution >= 4 is 22.3 Å². The number of nitrogens with zero attached hydrogens (tertiary/aromatic N) is 6. The summed E-state index contributed by atoms with van der Waals surface area (Å²) in [7, 11) is 0. The molecule has 1 fully saturated rings. The van der Waals surface area contributed by atoms with Gasteiger partial charge in [-0.05, 0) is 36.0 Å². The summed E-state index contributed by atoms with van der Waals surface area (Å²) >= 11 is 0. The Balaban J connectivity index is 1.60. The first-order valence-corrected chi connectivity index (χ1v) is 12.8. The van der Waals surface area contributed by atoms with Crippen LogP contribution in [0.4, 0.5) is 24.5 Å². The van der Waals surface area contributed by atoms with Crippen molar-refractivity contribution in [3.05, 3.63) is 77.2 Å². The summed E-state index contributed by atoms with van der Waals surface area (Å²) in [6.07, 6.45) is -1.74. The van der Waals surface area contributed by atoms with Crippen molar-refractivity contribution in [3.63, 3.8) is 0 Å². The zero-order chi connectivity index (χ0) is 28.7. The van der Waals surface area contributed by atoms with Crippen LogP contribution in [-0.4, -0.2) is 32.7 Å². The average Bonchev–Trinajstić information content (AvgIpc) is 3.61. The van der Waals surface area contributed by atoms with E-state index in [1.54, 1.807) is 12.1 Å². The fourth-order valence-corrected chi connectivity index (χ4v) is 4.62. The lowest BCUT2D eigenvalue weighted by Gasteiger charge is -2.22. The van der Waals surface area contributed by atoms with E-state index in [4.69, 9.17) is 0 Å². The van der Waals surface area contributed by atoms with Gasteiger partial charge in [0.15, 0.2) is 5.54 Å². The molecule has 0 radical (unpaired) electrons. The standard InChI is InChI=1S/C29H27F3N8/c1-27(2,3)17-36-25-20(14-34)15-35-24-19(13-33)11-21(12-22(24)25)37-26(18-7-5-4-6-8-18)23-16-40(39-38-23)28(9-10-28)29(30,31)32/h4-8,11-12,15-16,26,37H,9-10,17H2,1-3H3,(H,35,36)/t26-/m0/s1. The molecular weight excluding hydrogens is 517 g/mol. The van der Waals surface area contributed by atoms with Crippen LogP contribution in [0.3, 0.4) is 0 Å². The van der Waals surface area contributed by atoms with E-state index >= 15 is 0 Å². The quantitative estimate of drug-likeness (QED) is 0.281. The molecule has 1 aliphatic rings. The summed E-state index contributed by atoms with van der Waals surface area (Å²) in [4.78, 5) is 4.38. The number of pyridine rings is 1. The molecule has 8 nitrogen and oxygen atoms in total. The summed E-state index contributed by atoms with van der Waals surface area (Å²) in [5.74, 6) is 0. The number of hydrogen-bond acceptors (Lipinski definition) is 7. The average molecular weight is 545 g/mol. The molecule has 11 heteroatoms. The molecule has 4 aromatic rings. The highest BCUT2D eigenvalue weighted by molar-refractivity contribution is 5.99. The summed E-state index contributed by atoms with van der Waals surface area (Å²) < 4.78 is 42.2. The van der Waals surface area contributed by atoms with E-state index in [-0.39, 0.29) is 23.8 Å². The van der Waals surface area contributed by atoms with Crippen molar-refractivity contribution in [2.75, 3.05) is 17.2 Å². The number of aromatic nitrogens is 4. The first kappa shape index (κ1) is 26.9. The van der Waals surface area contributed by atoms with Crippen molar-refractivity contribution in [1.29, 1.82) is 10.5 Å². The number of rotatable bonds is 7. The van der Waals surface area contributed by atoms with Crippen LogP contribution in [0.15, 0.2) is 54.9 Å². The van der Waals surface area contributed by atoms with Gasteiger partial charge in [-0.2, -0.15) is 23.7 Å². The molecule has 0 bridgehead atoms. The van der Waals surface area contributed by atoms with Gasteiger partial charge in [0.2, 0.25) is 0 Å². The number of anilines is 2. The zero-order valence-electron chi connectivity index (χ0n) is 22.2. The topological polar surface area (TPSA) is 115 Å². The van der Waals surface area contributed by atoms with Crippen LogP contribution in [-0.2, 0) is 5.54 Å². The lowest BCUT2D eigenvalue weighted by Crippen LogP contribution is -2.35. The Hall–Kier alpha value is -4.64. The van der Waals surface area contributed by atoms with Crippen LogP contribution in [0.5, 0.6) is 0 Å². The van der Waals surface area contributed by atoms with Gasteiger partial charge >= 0.3 is 6.18 Å². The van der Waals surface area contributed by atoms with Crippen LogP contribution in [0.1, 0.15) is 62.0 Å². The van der Waals surface area contributed by atoms with E-state index in [0.717, 1.165) is 10.2 Å². The van der Waals surface area contributed by atoms with Crippen molar-refractivity contribution in [1.82, 2.24) is 20.0 Å². The Kier molecular flexibility index (Phi) is 6.62.